The summed E-state index contributed by atoms with van der Waals surface area (Å²) in [6.45, 7) is 3.64. The smallest absolute Gasteiger partial charge is 0.0559 e. The van der Waals surface area contributed by atoms with E-state index in [2.05, 4.69) is 17.0 Å². The lowest BCUT2D eigenvalue weighted by atomic mass is 10.1. The molecule has 0 saturated heterocycles. The van der Waals surface area contributed by atoms with Gasteiger partial charge < -0.3 is 10.8 Å². The highest BCUT2D eigenvalue weighted by atomic mass is 16.3. The van der Waals surface area contributed by atoms with Crippen LogP contribution in [0.4, 0.5) is 0 Å². The predicted molar refractivity (Wildman–Crippen MR) is 62.5 cm³/mol. The molecule has 1 aromatic rings. The number of benzene rings is 1. The standard InChI is InChI=1S/C12H20N2O/c1-11(13)14(9-10-15)8-7-12-5-3-2-4-6-12/h2-6,11,15H,7-10,13H2,1H3. The molecule has 3 heteroatoms. The van der Waals surface area contributed by atoms with Crippen LogP contribution in [0.25, 0.3) is 0 Å². The number of nitrogens with zero attached hydrogens (tertiary/aromatic N) is 1. The molecule has 0 spiro atoms. The number of rotatable bonds is 6. The van der Waals surface area contributed by atoms with E-state index in [1.165, 1.54) is 5.56 Å². The molecular weight excluding hydrogens is 188 g/mol. The minimum atomic E-state index is 0.000798. The number of nitrogens with two attached hydrogens (primary N) is 1. The molecule has 1 aromatic carbocycles. The summed E-state index contributed by atoms with van der Waals surface area (Å²) < 4.78 is 0. The Bertz CT molecular complexity index is 262. The maximum atomic E-state index is 8.89. The molecule has 84 valence electrons. The highest BCUT2D eigenvalue weighted by molar-refractivity contribution is 5.14. The van der Waals surface area contributed by atoms with E-state index in [1.54, 1.807) is 0 Å². The van der Waals surface area contributed by atoms with Crippen molar-refractivity contribution in [2.24, 2.45) is 5.73 Å². The van der Waals surface area contributed by atoms with Crippen molar-refractivity contribution in [2.45, 2.75) is 19.5 Å². The largest absolute Gasteiger partial charge is 0.395 e. The van der Waals surface area contributed by atoms with Crippen LogP contribution in [0, 0.1) is 0 Å². The molecule has 0 aliphatic rings. The summed E-state index contributed by atoms with van der Waals surface area (Å²) in [6.07, 6.45) is 0.975. The molecule has 0 aromatic heterocycles. The molecule has 1 rings (SSSR count). The summed E-state index contributed by atoms with van der Waals surface area (Å²) in [5.74, 6) is 0. The van der Waals surface area contributed by atoms with Crippen molar-refractivity contribution in [3.63, 3.8) is 0 Å². The van der Waals surface area contributed by atoms with E-state index in [0.29, 0.717) is 6.54 Å². The summed E-state index contributed by atoms with van der Waals surface area (Å²) in [7, 11) is 0. The molecule has 0 amide bonds. The van der Waals surface area contributed by atoms with Crippen molar-refractivity contribution in [1.82, 2.24) is 4.90 Å². The minimum Gasteiger partial charge on any atom is -0.395 e. The molecule has 0 heterocycles. The van der Waals surface area contributed by atoms with Crippen molar-refractivity contribution in [1.29, 1.82) is 0 Å². The summed E-state index contributed by atoms with van der Waals surface area (Å²) in [6, 6.07) is 10.3. The highest BCUT2D eigenvalue weighted by Gasteiger charge is 2.08. The maximum absolute atomic E-state index is 8.89. The van der Waals surface area contributed by atoms with E-state index in [4.69, 9.17) is 10.8 Å². The van der Waals surface area contributed by atoms with Gasteiger partial charge in [0, 0.05) is 13.1 Å². The van der Waals surface area contributed by atoms with Crippen LogP contribution in [0.1, 0.15) is 12.5 Å². The molecular formula is C12H20N2O. The molecule has 3 nitrogen and oxygen atoms in total. The van der Waals surface area contributed by atoms with Gasteiger partial charge in [-0.3, -0.25) is 4.90 Å². The van der Waals surface area contributed by atoms with Gasteiger partial charge in [0.05, 0.1) is 12.8 Å². The van der Waals surface area contributed by atoms with E-state index < -0.39 is 0 Å². The molecule has 0 radical (unpaired) electrons. The second-order valence-corrected chi connectivity index (χ2v) is 3.74. The number of aliphatic hydroxyl groups excluding tert-OH is 1. The third-order valence-electron chi connectivity index (χ3n) is 2.49. The summed E-state index contributed by atoms with van der Waals surface area (Å²) >= 11 is 0. The lowest BCUT2D eigenvalue weighted by Crippen LogP contribution is -2.42. The highest BCUT2D eigenvalue weighted by Crippen LogP contribution is 2.02. The van der Waals surface area contributed by atoms with Crippen molar-refractivity contribution in [2.75, 3.05) is 19.7 Å². The Morgan fingerprint density at radius 3 is 2.47 bits per heavy atom. The van der Waals surface area contributed by atoms with Crippen LogP contribution in [0.3, 0.4) is 0 Å². The van der Waals surface area contributed by atoms with E-state index in [-0.39, 0.29) is 12.8 Å². The quantitative estimate of drug-likeness (QED) is 0.681. The third kappa shape index (κ3) is 4.42. The number of aliphatic hydroxyl groups is 1. The fraction of sp³-hybridized carbons (Fsp3) is 0.500. The van der Waals surface area contributed by atoms with Crippen LogP contribution in [-0.4, -0.2) is 35.9 Å². The van der Waals surface area contributed by atoms with Gasteiger partial charge in [-0.25, -0.2) is 0 Å². The fourth-order valence-electron chi connectivity index (χ4n) is 1.56. The monoisotopic (exact) mass is 208 g/mol. The Morgan fingerprint density at radius 2 is 1.93 bits per heavy atom. The summed E-state index contributed by atoms with van der Waals surface area (Å²) in [5.41, 5.74) is 7.11. The first-order valence-electron chi connectivity index (χ1n) is 5.38. The lowest BCUT2D eigenvalue weighted by molar-refractivity contribution is 0.162. The molecule has 0 bridgehead atoms. The molecule has 1 unspecified atom stereocenters. The fourth-order valence-corrected chi connectivity index (χ4v) is 1.56. The van der Waals surface area contributed by atoms with E-state index in [9.17, 15) is 0 Å². The van der Waals surface area contributed by atoms with Crippen LogP contribution >= 0.6 is 0 Å². The van der Waals surface area contributed by atoms with Gasteiger partial charge in [0.2, 0.25) is 0 Å². The first-order valence-corrected chi connectivity index (χ1v) is 5.38. The average molecular weight is 208 g/mol. The molecule has 0 fully saturated rings. The SMILES string of the molecule is CC(N)N(CCO)CCc1ccccc1. The Balaban J connectivity index is 2.40. The summed E-state index contributed by atoms with van der Waals surface area (Å²) in [5, 5.41) is 8.89. The van der Waals surface area contributed by atoms with Crippen LogP contribution in [0.15, 0.2) is 30.3 Å². The van der Waals surface area contributed by atoms with Crippen molar-refractivity contribution < 1.29 is 5.11 Å². The zero-order valence-corrected chi connectivity index (χ0v) is 9.26. The second-order valence-electron chi connectivity index (χ2n) is 3.74. The Labute approximate surface area is 91.5 Å². The van der Waals surface area contributed by atoms with E-state index in [0.717, 1.165) is 13.0 Å². The number of hydrogen-bond donors (Lipinski definition) is 2. The van der Waals surface area contributed by atoms with Gasteiger partial charge in [-0.2, -0.15) is 0 Å². The number of hydrogen-bond acceptors (Lipinski definition) is 3. The first-order chi connectivity index (χ1) is 7.24. The molecule has 1 atom stereocenters. The summed E-state index contributed by atoms with van der Waals surface area (Å²) in [4.78, 5) is 2.08. The lowest BCUT2D eigenvalue weighted by Gasteiger charge is -2.25. The van der Waals surface area contributed by atoms with Gasteiger partial charge in [-0.1, -0.05) is 30.3 Å². The zero-order chi connectivity index (χ0) is 11.1. The topological polar surface area (TPSA) is 49.5 Å². The van der Waals surface area contributed by atoms with Crippen molar-refractivity contribution >= 4 is 0 Å². The van der Waals surface area contributed by atoms with Crippen molar-refractivity contribution in [3.8, 4) is 0 Å². The van der Waals surface area contributed by atoms with Crippen LogP contribution in [-0.2, 0) is 6.42 Å². The average Bonchev–Trinajstić information content (AvgIpc) is 2.25. The normalized spacial score (nSPS) is 13.1. The molecule has 3 N–H and O–H groups in total. The van der Waals surface area contributed by atoms with Gasteiger partial charge >= 0.3 is 0 Å². The van der Waals surface area contributed by atoms with E-state index >= 15 is 0 Å². The van der Waals surface area contributed by atoms with Gasteiger partial charge in [0.25, 0.3) is 0 Å². The predicted octanol–water partition coefficient (Wildman–Crippen LogP) is 0.828. The van der Waals surface area contributed by atoms with Crippen LogP contribution in [0.2, 0.25) is 0 Å². The first kappa shape index (κ1) is 12.2. The van der Waals surface area contributed by atoms with Crippen LogP contribution in [0.5, 0.6) is 0 Å². The molecule has 15 heavy (non-hydrogen) atoms. The Kier molecular flexibility index (Phi) is 5.32. The maximum Gasteiger partial charge on any atom is 0.0559 e. The van der Waals surface area contributed by atoms with Gasteiger partial charge in [-0.15, -0.1) is 0 Å². The van der Waals surface area contributed by atoms with Gasteiger partial charge in [0.15, 0.2) is 0 Å². The minimum absolute atomic E-state index is 0.000798. The second kappa shape index (κ2) is 6.56. The third-order valence-corrected chi connectivity index (χ3v) is 2.49. The Morgan fingerprint density at radius 1 is 1.27 bits per heavy atom. The van der Waals surface area contributed by atoms with Crippen molar-refractivity contribution in [3.05, 3.63) is 35.9 Å². The molecule has 0 saturated carbocycles. The Hall–Kier alpha value is -0.900. The van der Waals surface area contributed by atoms with Gasteiger partial charge in [-0.05, 0) is 18.9 Å². The molecule has 0 aliphatic heterocycles. The van der Waals surface area contributed by atoms with Crippen LogP contribution < -0.4 is 5.73 Å². The van der Waals surface area contributed by atoms with E-state index in [1.807, 2.05) is 25.1 Å². The zero-order valence-electron chi connectivity index (χ0n) is 9.26. The molecule has 0 aliphatic carbocycles. The van der Waals surface area contributed by atoms with Gasteiger partial charge in [0.1, 0.15) is 0 Å².